The van der Waals surface area contributed by atoms with Crippen LogP contribution in [0.1, 0.15) is 38.7 Å². The number of hydrogen-bond acceptors (Lipinski definition) is 2. The molecule has 3 atom stereocenters. The lowest BCUT2D eigenvalue weighted by atomic mass is 9.66. The zero-order valence-electron chi connectivity index (χ0n) is 11.8. The summed E-state index contributed by atoms with van der Waals surface area (Å²) < 4.78 is 0. The summed E-state index contributed by atoms with van der Waals surface area (Å²) in [5, 5.41) is 1.19. The van der Waals surface area contributed by atoms with E-state index in [9.17, 15) is 0 Å². The van der Waals surface area contributed by atoms with Crippen molar-refractivity contribution in [3.05, 3.63) is 42.1 Å². The summed E-state index contributed by atoms with van der Waals surface area (Å²) in [5.74, 6) is 1.19. The van der Waals surface area contributed by atoms with Crippen LogP contribution in [-0.2, 0) is 5.54 Å². The molecule has 0 radical (unpaired) electrons. The van der Waals surface area contributed by atoms with Gasteiger partial charge >= 0.3 is 0 Å². The first-order valence-corrected chi connectivity index (χ1v) is 7.25. The zero-order valence-corrected chi connectivity index (χ0v) is 11.8. The fourth-order valence-corrected chi connectivity index (χ4v) is 3.43. The van der Waals surface area contributed by atoms with Gasteiger partial charge < -0.3 is 5.73 Å². The Bertz CT molecular complexity index is 593. The number of aromatic nitrogens is 1. The van der Waals surface area contributed by atoms with Gasteiger partial charge in [-0.3, -0.25) is 4.98 Å². The molecule has 1 aliphatic rings. The lowest BCUT2D eigenvalue weighted by molar-refractivity contribution is 0.143. The second-order valence-electron chi connectivity index (χ2n) is 6.12. The van der Waals surface area contributed by atoms with Crippen molar-refractivity contribution in [2.24, 2.45) is 17.6 Å². The van der Waals surface area contributed by atoms with E-state index in [2.05, 4.69) is 43.1 Å². The molecule has 3 unspecified atom stereocenters. The van der Waals surface area contributed by atoms with Crippen molar-refractivity contribution in [2.45, 2.75) is 38.6 Å². The maximum atomic E-state index is 6.77. The zero-order chi connectivity index (χ0) is 13.5. The highest BCUT2D eigenvalue weighted by Gasteiger charge is 2.39. The minimum atomic E-state index is -0.214. The first-order valence-electron chi connectivity index (χ1n) is 7.25. The van der Waals surface area contributed by atoms with Crippen LogP contribution in [0.25, 0.3) is 10.9 Å². The van der Waals surface area contributed by atoms with Crippen LogP contribution in [0.2, 0.25) is 0 Å². The summed E-state index contributed by atoms with van der Waals surface area (Å²) in [6.45, 7) is 4.61. The highest BCUT2D eigenvalue weighted by Crippen LogP contribution is 2.42. The number of hydrogen-bond donors (Lipinski definition) is 1. The largest absolute Gasteiger partial charge is 0.321 e. The molecule has 2 aromatic rings. The van der Waals surface area contributed by atoms with Crippen LogP contribution in [0.4, 0.5) is 0 Å². The van der Waals surface area contributed by atoms with Crippen molar-refractivity contribution < 1.29 is 0 Å². The van der Waals surface area contributed by atoms with Gasteiger partial charge in [0.1, 0.15) is 0 Å². The predicted octanol–water partition coefficient (Wildman–Crippen LogP) is 3.84. The number of pyridine rings is 1. The standard InChI is InChI=1S/C17H22N2/c1-12-6-5-9-17(18,13(12)2)15-10-14-7-3-4-8-16(14)19-11-15/h3-4,7-8,10-13H,5-6,9,18H2,1-2H3. The van der Waals surface area contributed by atoms with Gasteiger partial charge in [0.25, 0.3) is 0 Å². The number of para-hydroxylation sites is 1. The highest BCUT2D eigenvalue weighted by molar-refractivity contribution is 5.79. The average molecular weight is 254 g/mol. The second kappa shape index (κ2) is 4.61. The van der Waals surface area contributed by atoms with Crippen LogP contribution in [-0.4, -0.2) is 4.98 Å². The third-order valence-electron chi connectivity index (χ3n) is 5.04. The summed E-state index contributed by atoms with van der Waals surface area (Å²) in [6.07, 6.45) is 5.56. The van der Waals surface area contributed by atoms with E-state index in [0.717, 1.165) is 11.9 Å². The van der Waals surface area contributed by atoms with Crippen LogP contribution < -0.4 is 5.73 Å². The van der Waals surface area contributed by atoms with E-state index in [1.54, 1.807) is 0 Å². The first-order chi connectivity index (χ1) is 9.11. The van der Waals surface area contributed by atoms with Crippen LogP contribution in [0.15, 0.2) is 36.5 Å². The van der Waals surface area contributed by atoms with Gasteiger partial charge in [-0.25, -0.2) is 0 Å². The molecule has 2 heteroatoms. The molecule has 2 nitrogen and oxygen atoms in total. The molecule has 0 aliphatic heterocycles. The summed E-state index contributed by atoms with van der Waals surface area (Å²) in [5.41, 5.74) is 8.80. The van der Waals surface area contributed by atoms with Crippen molar-refractivity contribution in [2.75, 3.05) is 0 Å². The molecule has 0 bridgehead atoms. The average Bonchev–Trinajstić information content (AvgIpc) is 2.44. The van der Waals surface area contributed by atoms with Crippen molar-refractivity contribution in [1.82, 2.24) is 4.98 Å². The summed E-state index contributed by atoms with van der Waals surface area (Å²) >= 11 is 0. The molecule has 0 saturated heterocycles. The van der Waals surface area contributed by atoms with Gasteiger partial charge in [-0.1, -0.05) is 44.9 Å². The quantitative estimate of drug-likeness (QED) is 0.839. The van der Waals surface area contributed by atoms with Crippen molar-refractivity contribution >= 4 is 10.9 Å². The maximum Gasteiger partial charge on any atom is 0.0702 e. The third kappa shape index (κ3) is 2.04. The lowest BCUT2D eigenvalue weighted by Gasteiger charge is -2.43. The molecule has 2 N–H and O–H groups in total. The summed E-state index contributed by atoms with van der Waals surface area (Å²) in [7, 11) is 0. The Labute approximate surface area is 115 Å². The minimum absolute atomic E-state index is 0.214. The first kappa shape index (κ1) is 12.6. The van der Waals surface area contributed by atoms with Crippen LogP contribution >= 0.6 is 0 Å². The van der Waals surface area contributed by atoms with Gasteiger partial charge in [-0.15, -0.1) is 0 Å². The summed E-state index contributed by atoms with van der Waals surface area (Å²) in [6, 6.07) is 10.5. The Morgan fingerprint density at radius 1 is 1.26 bits per heavy atom. The van der Waals surface area contributed by atoms with Gasteiger partial charge in [0, 0.05) is 17.1 Å². The molecule has 1 aromatic carbocycles. The van der Waals surface area contributed by atoms with Crippen molar-refractivity contribution in [1.29, 1.82) is 0 Å². The molecule has 1 aromatic heterocycles. The SMILES string of the molecule is CC1CCCC(N)(c2cnc3ccccc3c2)C1C. The van der Waals surface area contributed by atoms with E-state index in [-0.39, 0.29) is 5.54 Å². The van der Waals surface area contributed by atoms with Gasteiger partial charge in [0.2, 0.25) is 0 Å². The smallest absolute Gasteiger partial charge is 0.0702 e. The van der Waals surface area contributed by atoms with Gasteiger partial charge in [0.05, 0.1) is 5.52 Å². The van der Waals surface area contributed by atoms with Crippen LogP contribution in [0.5, 0.6) is 0 Å². The maximum absolute atomic E-state index is 6.77. The third-order valence-corrected chi connectivity index (χ3v) is 5.04. The monoisotopic (exact) mass is 254 g/mol. The van der Waals surface area contributed by atoms with Crippen molar-refractivity contribution in [3.8, 4) is 0 Å². The predicted molar refractivity (Wildman–Crippen MR) is 79.8 cm³/mol. The Kier molecular flexibility index (Phi) is 3.06. The molecular formula is C17H22N2. The molecule has 19 heavy (non-hydrogen) atoms. The minimum Gasteiger partial charge on any atom is -0.321 e. The number of benzene rings is 1. The Morgan fingerprint density at radius 2 is 2.05 bits per heavy atom. The van der Waals surface area contributed by atoms with E-state index < -0.39 is 0 Å². The van der Waals surface area contributed by atoms with Crippen LogP contribution in [0, 0.1) is 11.8 Å². The Balaban J connectivity index is 2.07. The molecule has 1 saturated carbocycles. The number of fused-ring (bicyclic) bond motifs is 1. The van der Waals surface area contributed by atoms with Gasteiger partial charge in [0.15, 0.2) is 0 Å². The van der Waals surface area contributed by atoms with E-state index in [1.807, 2.05) is 12.3 Å². The van der Waals surface area contributed by atoms with Crippen molar-refractivity contribution in [3.63, 3.8) is 0 Å². The Hall–Kier alpha value is -1.41. The van der Waals surface area contributed by atoms with E-state index >= 15 is 0 Å². The molecular weight excluding hydrogens is 232 g/mol. The van der Waals surface area contributed by atoms with Gasteiger partial charge in [-0.2, -0.15) is 0 Å². The summed E-state index contributed by atoms with van der Waals surface area (Å²) in [4.78, 5) is 4.58. The van der Waals surface area contributed by atoms with E-state index in [4.69, 9.17) is 5.73 Å². The number of nitrogens with two attached hydrogens (primary N) is 1. The fraction of sp³-hybridized carbons (Fsp3) is 0.471. The number of rotatable bonds is 1. The molecule has 1 aliphatic carbocycles. The van der Waals surface area contributed by atoms with Gasteiger partial charge in [-0.05, 0) is 36.0 Å². The molecule has 100 valence electrons. The molecule has 1 fully saturated rings. The molecule has 0 amide bonds. The number of nitrogens with zero attached hydrogens (tertiary/aromatic N) is 1. The highest BCUT2D eigenvalue weighted by atomic mass is 14.8. The normalized spacial score (nSPS) is 31.5. The molecule has 3 rings (SSSR count). The lowest BCUT2D eigenvalue weighted by Crippen LogP contribution is -2.48. The molecule has 1 heterocycles. The van der Waals surface area contributed by atoms with E-state index in [0.29, 0.717) is 11.8 Å². The molecule has 0 spiro atoms. The fourth-order valence-electron chi connectivity index (χ4n) is 3.43. The van der Waals surface area contributed by atoms with E-state index in [1.165, 1.54) is 23.8 Å². The Morgan fingerprint density at radius 3 is 2.89 bits per heavy atom. The topological polar surface area (TPSA) is 38.9 Å². The second-order valence-corrected chi connectivity index (χ2v) is 6.12. The van der Waals surface area contributed by atoms with Crippen LogP contribution in [0.3, 0.4) is 0 Å².